The fourth-order valence-corrected chi connectivity index (χ4v) is 5.23. The van der Waals surface area contributed by atoms with Crippen LogP contribution in [0.2, 0.25) is 0 Å². The highest BCUT2D eigenvalue weighted by Gasteiger charge is 2.32. The Hall–Kier alpha value is -3.49. The molecule has 5 rings (SSSR count). The summed E-state index contributed by atoms with van der Waals surface area (Å²) in [4.78, 5) is 4.27. The zero-order chi connectivity index (χ0) is 25.3. The van der Waals surface area contributed by atoms with E-state index in [-0.39, 0.29) is 17.8 Å². The van der Waals surface area contributed by atoms with Crippen molar-refractivity contribution in [3.8, 4) is 11.5 Å². The Morgan fingerprint density at radius 3 is 2.44 bits per heavy atom. The summed E-state index contributed by atoms with van der Waals surface area (Å²) < 4.78 is 58.8. The first kappa shape index (κ1) is 24.2. The van der Waals surface area contributed by atoms with Gasteiger partial charge in [0.25, 0.3) is 0 Å². The molecule has 2 heterocycles. The molecule has 9 heteroatoms. The van der Waals surface area contributed by atoms with Gasteiger partial charge in [0.1, 0.15) is 5.82 Å². The second kappa shape index (κ2) is 9.87. The average molecular weight is 499 g/mol. The molecule has 5 nitrogen and oxygen atoms in total. The maximum Gasteiger partial charge on any atom is 0.416 e. The minimum absolute atomic E-state index is 0.124. The van der Waals surface area contributed by atoms with Crippen molar-refractivity contribution >= 4 is 16.9 Å². The van der Waals surface area contributed by atoms with E-state index in [2.05, 4.69) is 27.4 Å². The normalized spacial score (nSPS) is 19.4. The number of nitrogens with one attached hydrogen (secondary N) is 1. The molecule has 4 aromatic rings. The van der Waals surface area contributed by atoms with Gasteiger partial charge >= 0.3 is 12.2 Å². The van der Waals surface area contributed by atoms with Crippen molar-refractivity contribution in [2.75, 3.05) is 5.32 Å². The molecule has 2 aromatic carbocycles. The Morgan fingerprint density at radius 2 is 1.75 bits per heavy atom. The van der Waals surface area contributed by atoms with Crippen LogP contribution in [-0.2, 0) is 6.18 Å². The summed E-state index contributed by atoms with van der Waals surface area (Å²) in [6, 6.07) is 11.9. The molecule has 2 aromatic heterocycles. The van der Waals surface area contributed by atoms with Crippen molar-refractivity contribution < 1.29 is 22.0 Å². The van der Waals surface area contributed by atoms with Crippen molar-refractivity contribution in [3.63, 3.8) is 0 Å². The zero-order valence-corrected chi connectivity index (χ0v) is 19.7. The number of aromatic nitrogens is 3. The third kappa shape index (κ3) is 5.05. The van der Waals surface area contributed by atoms with Gasteiger partial charge in [0.2, 0.25) is 5.89 Å². The second-order valence-electron chi connectivity index (χ2n) is 9.32. The Morgan fingerprint density at radius 1 is 1.00 bits per heavy atom. The Labute approximate surface area is 206 Å². The third-order valence-electron chi connectivity index (χ3n) is 7.15. The molecular formula is C27H26F4N4O. The van der Waals surface area contributed by atoms with Gasteiger partial charge < -0.3 is 9.73 Å². The third-order valence-corrected chi connectivity index (χ3v) is 7.15. The van der Waals surface area contributed by atoms with Crippen LogP contribution in [0.1, 0.15) is 56.1 Å². The highest BCUT2D eigenvalue weighted by molar-refractivity contribution is 5.83. The highest BCUT2D eigenvalue weighted by atomic mass is 19.4. The number of alkyl halides is 3. The lowest BCUT2D eigenvalue weighted by Crippen LogP contribution is -2.31. The first-order chi connectivity index (χ1) is 17.3. The van der Waals surface area contributed by atoms with E-state index in [9.17, 15) is 17.6 Å². The molecule has 0 amide bonds. The number of pyridine rings is 1. The predicted molar refractivity (Wildman–Crippen MR) is 129 cm³/mol. The highest BCUT2D eigenvalue weighted by Crippen LogP contribution is 2.41. The molecule has 1 aliphatic carbocycles. The molecule has 0 saturated heterocycles. The molecule has 0 radical (unpaired) electrons. The Bertz CT molecular complexity index is 1330. The lowest BCUT2D eigenvalue weighted by Gasteiger charge is -2.34. The maximum absolute atomic E-state index is 13.3. The van der Waals surface area contributed by atoms with Crippen LogP contribution in [0.25, 0.3) is 22.4 Å². The maximum atomic E-state index is 13.3. The standard InChI is InChI=1S/C27H26F4N4O/c1-2-23(33-26-35-34-25(36-26)18-7-10-20(28)11-8-18)17-5-3-16(4-6-17)21-13-14-32-24-12-9-19(15-22(21)24)27(29,30)31/h7-17,23H,2-6H2,1H3,(H,33,35). The van der Waals surface area contributed by atoms with Crippen LogP contribution in [0.15, 0.2) is 59.1 Å². The van der Waals surface area contributed by atoms with Gasteiger partial charge in [-0.05, 0) is 98.0 Å². The van der Waals surface area contributed by atoms with Gasteiger partial charge in [-0.15, -0.1) is 5.10 Å². The fourth-order valence-electron chi connectivity index (χ4n) is 5.23. The van der Waals surface area contributed by atoms with Crippen molar-refractivity contribution in [1.82, 2.24) is 15.2 Å². The molecule has 1 N–H and O–H groups in total. The first-order valence-corrected chi connectivity index (χ1v) is 12.1. The number of hydrogen-bond donors (Lipinski definition) is 1. The minimum Gasteiger partial charge on any atom is -0.403 e. The molecule has 1 atom stereocenters. The Balaban J connectivity index is 1.27. The van der Waals surface area contributed by atoms with E-state index >= 15 is 0 Å². The fraction of sp³-hybridized carbons (Fsp3) is 0.370. The van der Waals surface area contributed by atoms with E-state index < -0.39 is 11.7 Å². The van der Waals surface area contributed by atoms with E-state index in [0.717, 1.165) is 43.7 Å². The van der Waals surface area contributed by atoms with Crippen molar-refractivity contribution in [2.45, 2.75) is 57.2 Å². The number of hydrogen-bond acceptors (Lipinski definition) is 5. The zero-order valence-electron chi connectivity index (χ0n) is 19.7. The van der Waals surface area contributed by atoms with Crippen LogP contribution in [0.5, 0.6) is 0 Å². The first-order valence-electron chi connectivity index (χ1n) is 12.1. The predicted octanol–water partition coefficient (Wildman–Crippen LogP) is 7.61. The summed E-state index contributed by atoms with van der Waals surface area (Å²) in [5, 5.41) is 12.1. The average Bonchev–Trinajstić information content (AvgIpc) is 3.35. The van der Waals surface area contributed by atoms with Crippen molar-refractivity contribution in [3.05, 3.63) is 71.7 Å². The van der Waals surface area contributed by atoms with Crippen LogP contribution in [-0.4, -0.2) is 21.2 Å². The van der Waals surface area contributed by atoms with Crippen LogP contribution >= 0.6 is 0 Å². The molecule has 0 aliphatic heterocycles. The molecular weight excluding hydrogens is 472 g/mol. The molecule has 0 spiro atoms. The topological polar surface area (TPSA) is 63.8 Å². The van der Waals surface area contributed by atoms with E-state index in [4.69, 9.17) is 4.42 Å². The number of halogens is 4. The molecule has 1 saturated carbocycles. The van der Waals surface area contributed by atoms with Gasteiger partial charge in [0, 0.05) is 23.2 Å². The van der Waals surface area contributed by atoms with Gasteiger partial charge in [0.15, 0.2) is 0 Å². The summed E-state index contributed by atoms with van der Waals surface area (Å²) in [5.41, 5.74) is 1.52. The van der Waals surface area contributed by atoms with Crippen molar-refractivity contribution in [2.24, 2.45) is 5.92 Å². The molecule has 1 unspecified atom stereocenters. The SMILES string of the molecule is CCC(Nc1nnc(-c2ccc(F)cc2)o1)C1CCC(c2ccnc3ccc(C(F)(F)F)cc23)CC1. The summed E-state index contributed by atoms with van der Waals surface area (Å²) in [6.07, 6.45) is 1.77. The van der Waals surface area contributed by atoms with E-state index in [1.807, 2.05) is 6.07 Å². The largest absolute Gasteiger partial charge is 0.416 e. The monoisotopic (exact) mass is 498 g/mol. The number of anilines is 1. The van der Waals surface area contributed by atoms with Gasteiger partial charge in [0.05, 0.1) is 11.1 Å². The van der Waals surface area contributed by atoms with E-state index in [1.54, 1.807) is 18.3 Å². The van der Waals surface area contributed by atoms with Gasteiger partial charge in [-0.25, -0.2) is 4.39 Å². The van der Waals surface area contributed by atoms with Gasteiger partial charge in [-0.1, -0.05) is 12.0 Å². The number of nitrogens with zero attached hydrogens (tertiary/aromatic N) is 3. The lowest BCUT2D eigenvalue weighted by molar-refractivity contribution is -0.137. The molecule has 1 fully saturated rings. The number of fused-ring (bicyclic) bond motifs is 1. The summed E-state index contributed by atoms with van der Waals surface area (Å²) in [5.74, 6) is 0.533. The summed E-state index contributed by atoms with van der Waals surface area (Å²) in [6.45, 7) is 2.09. The quantitative estimate of drug-likeness (QED) is 0.277. The van der Waals surface area contributed by atoms with Crippen LogP contribution in [0.3, 0.4) is 0 Å². The molecule has 0 bridgehead atoms. The van der Waals surface area contributed by atoms with E-state index in [0.29, 0.717) is 34.3 Å². The Kier molecular flexibility index (Phi) is 6.64. The summed E-state index contributed by atoms with van der Waals surface area (Å²) >= 11 is 0. The minimum atomic E-state index is -4.38. The molecule has 188 valence electrons. The van der Waals surface area contributed by atoms with Crippen LogP contribution in [0.4, 0.5) is 23.6 Å². The van der Waals surface area contributed by atoms with Crippen molar-refractivity contribution in [1.29, 1.82) is 0 Å². The number of benzene rings is 2. The van der Waals surface area contributed by atoms with E-state index in [1.165, 1.54) is 24.3 Å². The lowest BCUT2D eigenvalue weighted by atomic mass is 9.75. The second-order valence-corrected chi connectivity index (χ2v) is 9.32. The summed E-state index contributed by atoms with van der Waals surface area (Å²) in [7, 11) is 0. The van der Waals surface area contributed by atoms with Crippen LogP contribution < -0.4 is 5.32 Å². The van der Waals surface area contributed by atoms with Gasteiger partial charge in [-0.3, -0.25) is 4.98 Å². The molecule has 36 heavy (non-hydrogen) atoms. The van der Waals surface area contributed by atoms with Crippen LogP contribution in [0, 0.1) is 11.7 Å². The smallest absolute Gasteiger partial charge is 0.403 e. The van der Waals surface area contributed by atoms with Gasteiger partial charge in [-0.2, -0.15) is 13.2 Å². The number of rotatable bonds is 6. The molecule has 1 aliphatic rings.